The summed E-state index contributed by atoms with van der Waals surface area (Å²) in [5.41, 5.74) is 14.5. The largest absolute Gasteiger partial charge is 0.311 e. The van der Waals surface area contributed by atoms with Gasteiger partial charge in [0.1, 0.15) is 0 Å². The van der Waals surface area contributed by atoms with E-state index in [0.717, 1.165) is 34.1 Å². The number of unbranched alkanes of at least 4 members (excludes halogenated alkanes) is 6. The first-order valence-corrected chi connectivity index (χ1v) is 37.2. The van der Waals surface area contributed by atoms with Gasteiger partial charge in [0.15, 0.2) is 0 Å². The Morgan fingerprint density at radius 1 is 0.267 bits per heavy atom. The lowest BCUT2D eigenvalue weighted by Crippen LogP contribution is -2.13. The van der Waals surface area contributed by atoms with Crippen LogP contribution < -0.4 is 9.80 Å². The highest BCUT2D eigenvalue weighted by atomic mass is 32.1. The summed E-state index contributed by atoms with van der Waals surface area (Å²) in [6.07, 6.45) is 13.1. The van der Waals surface area contributed by atoms with Crippen molar-refractivity contribution in [3.63, 3.8) is 0 Å². The average Bonchev–Trinajstić information content (AvgIpc) is 1.20. The van der Waals surface area contributed by atoms with Crippen molar-refractivity contribution in [2.75, 3.05) is 9.80 Å². The Balaban J connectivity index is 0.000000317. The lowest BCUT2D eigenvalue weighted by Gasteiger charge is -2.27. The van der Waals surface area contributed by atoms with E-state index < -0.39 is 0 Å². The highest BCUT2D eigenvalue weighted by Crippen LogP contribution is 2.45. The van der Waals surface area contributed by atoms with E-state index in [1.807, 2.05) is 68.0 Å². The number of aryl methyl sites for hydroxylation is 4. The van der Waals surface area contributed by atoms with Crippen molar-refractivity contribution in [3.05, 3.63) is 250 Å². The third-order valence-corrected chi connectivity index (χ3v) is 24.1. The quantitative estimate of drug-likeness (QED) is 0.0624. The van der Waals surface area contributed by atoms with Crippen LogP contribution in [0.5, 0.6) is 0 Å². The maximum Gasteiger partial charge on any atom is 0.0462 e. The second-order valence-electron chi connectivity index (χ2n) is 25.8. The van der Waals surface area contributed by atoms with E-state index in [0.29, 0.717) is 0 Å². The van der Waals surface area contributed by atoms with Crippen LogP contribution in [-0.2, 0) is 23.7 Å². The van der Waals surface area contributed by atoms with Gasteiger partial charge in [0, 0.05) is 92.7 Å². The zero-order valence-corrected chi connectivity index (χ0v) is 59.1. The van der Waals surface area contributed by atoms with Gasteiger partial charge in [-0.15, -0.1) is 68.0 Å². The van der Waals surface area contributed by atoms with Gasteiger partial charge in [-0.2, -0.15) is 0 Å². The molecule has 6 heterocycles. The van der Waals surface area contributed by atoms with Crippen molar-refractivity contribution < 1.29 is 0 Å². The Kier molecular flexibility index (Phi) is 21.3. The Labute approximate surface area is 561 Å². The number of rotatable bonds is 22. The maximum atomic E-state index is 2.38. The van der Waals surface area contributed by atoms with E-state index in [-0.39, 0.29) is 10.8 Å². The Hall–Kier alpha value is -6.88. The van der Waals surface area contributed by atoms with Crippen molar-refractivity contribution in [3.8, 4) is 60.6 Å². The van der Waals surface area contributed by atoms with Crippen LogP contribution in [0.1, 0.15) is 138 Å². The molecule has 90 heavy (non-hydrogen) atoms. The minimum Gasteiger partial charge on any atom is -0.311 e. The molecule has 0 N–H and O–H groups in total. The molecule has 0 amide bonds. The van der Waals surface area contributed by atoms with Crippen molar-refractivity contribution in [1.82, 2.24) is 0 Å². The van der Waals surface area contributed by atoms with Crippen molar-refractivity contribution in [2.45, 2.75) is 144 Å². The summed E-state index contributed by atoms with van der Waals surface area (Å²) in [5.74, 6) is 0. The third kappa shape index (κ3) is 16.2. The molecule has 8 heteroatoms. The second kappa shape index (κ2) is 29.6. The van der Waals surface area contributed by atoms with Crippen LogP contribution in [0.4, 0.5) is 34.1 Å². The summed E-state index contributed by atoms with van der Waals surface area (Å²) in [4.78, 5) is 21.5. The highest BCUT2D eigenvalue weighted by Gasteiger charge is 2.20. The molecule has 0 bridgehead atoms. The molecular weight excluding hydrogens is 1210 g/mol. The molecule has 0 saturated carbocycles. The summed E-state index contributed by atoms with van der Waals surface area (Å²) in [6, 6.07) is 81.5. The van der Waals surface area contributed by atoms with Crippen LogP contribution in [-0.4, -0.2) is 0 Å². The monoisotopic (exact) mass is 1290 g/mol. The Morgan fingerprint density at radius 2 is 0.556 bits per heavy atom. The minimum absolute atomic E-state index is 0.0710. The predicted molar refractivity (Wildman–Crippen MR) is 405 cm³/mol. The van der Waals surface area contributed by atoms with Crippen LogP contribution in [0.2, 0.25) is 0 Å². The molecule has 6 aromatic heterocycles. The Morgan fingerprint density at radius 3 is 0.900 bits per heavy atom. The van der Waals surface area contributed by atoms with Crippen LogP contribution >= 0.6 is 68.0 Å². The van der Waals surface area contributed by atoms with E-state index >= 15 is 0 Å². The van der Waals surface area contributed by atoms with Crippen molar-refractivity contribution >= 4 is 102 Å². The number of nitrogens with zero attached hydrogens (tertiary/aromatic N) is 2. The molecule has 460 valence electrons. The fraction of sp³-hybridized carbons (Fsp3) is 0.268. The molecule has 0 fully saturated rings. The van der Waals surface area contributed by atoms with Gasteiger partial charge in [0.05, 0.1) is 0 Å². The predicted octanol–water partition coefficient (Wildman–Crippen LogP) is 28.1. The topological polar surface area (TPSA) is 6.48 Å². The summed E-state index contributed by atoms with van der Waals surface area (Å²) >= 11 is 11.5. The molecule has 0 unspecified atom stereocenters. The van der Waals surface area contributed by atoms with Gasteiger partial charge in [-0.1, -0.05) is 172 Å². The lowest BCUT2D eigenvalue weighted by molar-refractivity contribution is 0.590. The zero-order chi connectivity index (χ0) is 62.8. The first-order chi connectivity index (χ1) is 43.6. The van der Waals surface area contributed by atoms with Gasteiger partial charge in [0.25, 0.3) is 0 Å². The molecular formula is C82H86N2S6. The molecule has 12 aromatic rings. The van der Waals surface area contributed by atoms with E-state index in [4.69, 9.17) is 0 Å². The normalized spacial score (nSPS) is 11.7. The molecule has 0 aliphatic rings. The number of hydrogen-bond donors (Lipinski definition) is 0. The van der Waals surface area contributed by atoms with Gasteiger partial charge in [0.2, 0.25) is 0 Å². The summed E-state index contributed by atoms with van der Waals surface area (Å²) in [7, 11) is 0. The van der Waals surface area contributed by atoms with Gasteiger partial charge in [-0.05, 0) is 224 Å². The first kappa shape index (κ1) is 64.6. The van der Waals surface area contributed by atoms with E-state index in [2.05, 4.69) is 297 Å². The third-order valence-electron chi connectivity index (χ3n) is 16.7. The molecule has 0 aliphatic heterocycles. The van der Waals surface area contributed by atoms with Crippen LogP contribution in [0.3, 0.4) is 0 Å². The van der Waals surface area contributed by atoms with Crippen LogP contribution in [0.15, 0.2) is 218 Å². The van der Waals surface area contributed by atoms with E-state index in [1.54, 1.807) is 0 Å². The average molecular weight is 1290 g/mol. The van der Waals surface area contributed by atoms with Gasteiger partial charge >= 0.3 is 0 Å². The molecule has 0 radical (unpaired) electrons. The number of hydrogen-bond acceptors (Lipinski definition) is 8. The molecule has 6 aromatic carbocycles. The maximum absolute atomic E-state index is 2.38. The van der Waals surface area contributed by atoms with E-state index in [1.165, 1.54) is 156 Å². The Bertz CT molecular complexity index is 4170. The molecule has 0 spiro atoms. The van der Waals surface area contributed by atoms with Crippen LogP contribution in [0.25, 0.3) is 60.6 Å². The number of anilines is 6. The van der Waals surface area contributed by atoms with E-state index in [9.17, 15) is 0 Å². The highest BCUT2D eigenvalue weighted by molar-refractivity contribution is 7.27. The fourth-order valence-corrected chi connectivity index (χ4v) is 17.7. The van der Waals surface area contributed by atoms with Crippen molar-refractivity contribution in [1.29, 1.82) is 0 Å². The van der Waals surface area contributed by atoms with Gasteiger partial charge in [-0.3, -0.25) is 0 Å². The molecule has 0 atom stereocenters. The first-order valence-electron chi connectivity index (χ1n) is 32.3. The molecule has 0 saturated heterocycles. The second-order valence-corrected chi connectivity index (χ2v) is 32.7. The van der Waals surface area contributed by atoms with Crippen molar-refractivity contribution in [2.24, 2.45) is 0 Å². The van der Waals surface area contributed by atoms with Crippen LogP contribution in [0, 0.1) is 13.8 Å². The molecule has 0 aliphatic carbocycles. The lowest BCUT2D eigenvalue weighted by atomic mass is 9.87. The van der Waals surface area contributed by atoms with Gasteiger partial charge < -0.3 is 9.80 Å². The standard InChI is InChI=1S/C63H64N2S3.C19H22S3/c1-9-10-11-12-13-56-38-39-58(66-56)59-42-43-61(68-59)60-41-40-57(67-60)47-20-32-53(33-21-47)65(55-36-24-49(25-37-55)63(6,7)8)52-30-18-46(19-31-52)45-16-28-51(29-17-45)64(50-26-14-44(2)15-27-50)54-34-22-48(23-35-54)62(3,4)5;1-3-4-5-6-7-15-9-11-17(21-15)19-13-12-18(22-19)16-10-8-14(2)20-16/h14-43H,9-13H2,1-8H3;8-13H,3-7H2,1-2H3. The van der Waals surface area contributed by atoms with Gasteiger partial charge in [-0.25, -0.2) is 0 Å². The molecule has 2 nitrogen and oxygen atoms in total. The fourth-order valence-electron chi connectivity index (χ4n) is 11.3. The minimum atomic E-state index is 0.0710. The molecule has 12 rings (SSSR count). The summed E-state index contributed by atoms with van der Waals surface area (Å²) < 4.78 is 0. The smallest absolute Gasteiger partial charge is 0.0462 e. The SMILES string of the molecule is CCCCCCc1ccc(-c2ccc(-c3ccc(-c4ccc(N(c5ccc(-c6ccc(N(c7ccc(C)cc7)c7ccc(C(C)(C)C)cc7)cc6)cc5)c5ccc(C(C)(C)C)cc5)cc4)s3)s2)s1.CCCCCCc1ccc(-c2ccc(-c3ccc(C)s3)s2)s1. The number of benzene rings is 6. The zero-order valence-electron chi connectivity index (χ0n) is 54.2. The summed E-state index contributed by atoms with van der Waals surface area (Å²) in [5, 5.41) is 0. The number of thiophene rings is 6. The summed E-state index contributed by atoms with van der Waals surface area (Å²) in [6.45, 7) is 22.5.